The molecule has 0 fully saturated rings. The molecule has 2 N–H and O–H groups in total. The maximum atomic E-state index is 12.3. The molecule has 0 saturated heterocycles. The van der Waals surface area contributed by atoms with E-state index >= 15 is 0 Å². The number of rotatable bonds is 6. The second-order valence-corrected chi connectivity index (χ2v) is 7.16. The molecule has 2 amide bonds. The highest BCUT2D eigenvalue weighted by molar-refractivity contribution is 6.35. The third kappa shape index (κ3) is 5.98. The van der Waals surface area contributed by atoms with E-state index in [4.69, 9.17) is 27.9 Å². The summed E-state index contributed by atoms with van der Waals surface area (Å²) in [5.41, 5.74) is 2.80. The van der Waals surface area contributed by atoms with E-state index in [0.717, 1.165) is 5.56 Å². The minimum absolute atomic E-state index is 0.196. The molecular formula is C22H18Cl2N2O3. The summed E-state index contributed by atoms with van der Waals surface area (Å²) in [5, 5.41) is 6.36. The Kier molecular flexibility index (Phi) is 6.75. The van der Waals surface area contributed by atoms with E-state index < -0.39 is 0 Å². The standard InChI is InChI=1S/C22H18Cl2N2O3/c1-14-3-2-4-15(11-14)22(28)26-18-8-6-17(7-9-18)25-21(27)13-29-20-10-5-16(23)12-19(20)24/h2-12H,13H2,1H3,(H,25,27)(H,26,28). The van der Waals surface area contributed by atoms with Gasteiger partial charge in [0, 0.05) is 22.0 Å². The van der Waals surface area contributed by atoms with Gasteiger partial charge in [-0.15, -0.1) is 0 Å². The number of aryl methyl sites for hydroxylation is 1. The first-order valence-corrected chi connectivity index (χ1v) is 9.52. The number of hydrogen-bond acceptors (Lipinski definition) is 3. The fourth-order valence-corrected chi connectivity index (χ4v) is 3.02. The predicted molar refractivity (Wildman–Crippen MR) is 116 cm³/mol. The smallest absolute Gasteiger partial charge is 0.262 e. The second-order valence-electron chi connectivity index (χ2n) is 6.31. The highest BCUT2D eigenvalue weighted by Crippen LogP contribution is 2.27. The molecule has 7 heteroatoms. The van der Waals surface area contributed by atoms with Gasteiger partial charge in [-0.05, 0) is 61.5 Å². The quantitative estimate of drug-likeness (QED) is 0.538. The van der Waals surface area contributed by atoms with Gasteiger partial charge in [0.2, 0.25) is 0 Å². The molecule has 3 aromatic rings. The lowest BCUT2D eigenvalue weighted by molar-refractivity contribution is -0.118. The Labute approximate surface area is 178 Å². The van der Waals surface area contributed by atoms with Crippen molar-refractivity contribution >= 4 is 46.4 Å². The summed E-state index contributed by atoms with van der Waals surface area (Å²) in [6, 6.07) is 18.9. The Balaban J connectivity index is 1.53. The topological polar surface area (TPSA) is 67.4 Å². The molecule has 148 valence electrons. The molecule has 0 aliphatic heterocycles. The van der Waals surface area contributed by atoms with Crippen molar-refractivity contribution in [1.82, 2.24) is 0 Å². The monoisotopic (exact) mass is 428 g/mol. The van der Waals surface area contributed by atoms with Crippen molar-refractivity contribution in [1.29, 1.82) is 0 Å². The molecule has 0 aromatic heterocycles. The summed E-state index contributed by atoms with van der Waals surface area (Å²) in [6.45, 7) is 1.73. The van der Waals surface area contributed by atoms with Crippen LogP contribution in [0.5, 0.6) is 5.75 Å². The zero-order valence-corrected chi connectivity index (χ0v) is 17.1. The summed E-state index contributed by atoms with van der Waals surface area (Å²) >= 11 is 11.8. The van der Waals surface area contributed by atoms with Gasteiger partial charge >= 0.3 is 0 Å². The van der Waals surface area contributed by atoms with E-state index in [-0.39, 0.29) is 18.4 Å². The van der Waals surface area contributed by atoms with Crippen molar-refractivity contribution in [2.24, 2.45) is 0 Å². The fraction of sp³-hybridized carbons (Fsp3) is 0.0909. The number of amides is 2. The Bertz CT molecular complexity index is 1040. The van der Waals surface area contributed by atoms with Gasteiger partial charge in [-0.2, -0.15) is 0 Å². The highest BCUT2D eigenvalue weighted by Gasteiger charge is 2.09. The first-order valence-electron chi connectivity index (χ1n) is 8.76. The number of nitrogens with one attached hydrogen (secondary N) is 2. The molecular weight excluding hydrogens is 411 g/mol. The molecule has 0 radical (unpaired) electrons. The molecule has 0 heterocycles. The minimum atomic E-state index is -0.340. The van der Waals surface area contributed by atoms with Crippen LogP contribution in [-0.4, -0.2) is 18.4 Å². The summed E-state index contributed by atoms with van der Waals surface area (Å²) < 4.78 is 5.40. The number of ether oxygens (including phenoxy) is 1. The maximum Gasteiger partial charge on any atom is 0.262 e. The average molecular weight is 429 g/mol. The van der Waals surface area contributed by atoms with Crippen LogP contribution in [0.1, 0.15) is 15.9 Å². The van der Waals surface area contributed by atoms with Crippen molar-refractivity contribution in [3.63, 3.8) is 0 Å². The molecule has 0 atom stereocenters. The Morgan fingerprint density at radius 2 is 1.59 bits per heavy atom. The summed E-state index contributed by atoms with van der Waals surface area (Å²) in [6.07, 6.45) is 0. The number of carbonyl (C=O) groups excluding carboxylic acids is 2. The van der Waals surface area contributed by atoms with Crippen LogP contribution in [0.25, 0.3) is 0 Å². The van der Waals surface area contributed by atoms with Crippen LogP contribution in [0.4, 0.5) is 11.4 Å². The van der Waals surface area contributed by atoms with Gasteiger partial charge in [0.05, 0.1) is 5.02 Å². The molecule has 0 aliphatic carbocycles. The molecule has 0 bridgehead atoms. The zero-order valence-electron chi connectivity index (χ0n) is 15.5. The third-order valence-corrected chi connectivity index (χ3v) is 4.49. The molecule has 0 spiro atoms. The fourth-order valence-electron chi connectivity index (χ4n) is 2.56. The van der Waals surface area contributed by atoms with Gasteiger partial charge in [0.1, 0.15) is 5.75 Å². The van der Waals surface area contributed by atoms with Crippen molar-refractivity contribution in [3.8, 4) is 5.75 Å². The lowest BCUT2D eigenvalue weighted by Crippen LogP contribution is -2.20. The van der Waals surface area contributed by atoms with Gasteiger partial charge in [-0.3, -0.25) is 9.59 Å². The van der Waals surface area contributed by atoms with Crippen LogP contribution in [-0.2, 0) is 4.79 Å². The Hall–Kier alpha value is -3.02. The molecule has 29 heavy (non-hydrogen) atoms. The van der Waals surface area contributed by atoms with Gasteiger partial charge in [-0.1, -0.05) is 40.9 Å². The van der Waals surface area contributed by atoms with Crippen LogP contribution in [0.15, 0.2) is 66.7 Å². The van der Waals surface area contributed by atoms with Gasteiger partial charge < -0.3 is 15.4 Å². The van der Waals surface area contributed by atoms with Crippen molar-refractivity contribution in [3.05, 3.63) is 87.9 Å². The molecule has 3 aromatic carbocycles. The van der Waals surface area contributed by atoms with E-state index in [1.165, 1.54) is 0 Å². The van der Waals surface area contributed by atoms with E-state index in [1.807, 2.05) is 25.1 Å². The number of carbonyl (C=O) groups is 2. The SMILES string of the molecule is Cc1cccc(C(=O)Nc2ccc(NC(=O)COc3ccc(Cl)cc3Cl)cc2)c1. The number of halogens is 2. The van der Waals surface area contributed by atoms with Gasteiger partial charge in [-0.25, -0.2) is 0 Å². The summed E-state index contributed by atoms with van der Waals surface area (Å²) in [7, 11) is 0. The van der Waals surface area contributed by atoms with Crippen LogP contribution in [0.2, 0.25) is 10.0 Å². The molecule has 0 aliphatic rings. The van der Waals surface area contributed by atoms with Crippen LogP contribution < -0.4 is 15.4 Å². The first kappa shape index (κ1) is 20.7. The minimum Gasteiger partial charge on any atom is -0.482 e. The van der Waals surface area contributed by atoms with E-state index in [9.17, 15) is 9.59 Å². The molecule has 0 unspecified atom stereocenters. The lowest BCUT2D eigenvalue weighted by atomic mass is 10.1. The largest absolute Gasteiger partial charge is 0.482 e. The predicted octanol–water partition coefficient (Wildman–Crippen LogP) is 5.57. The Morgan fingerprint density at radius 1 is 0.897 bits per heavy atom. The third-order valence-electron chi connectivity index (χ3n) is 3.96. The summed E-state index contributed by atoms with van der Waals surface area (Å²) in [5.74, 6) is -0.160. The maximum absolute atomic E-state index is 12.3. The van der Waals surface area contributed by atoms with E-state index in [0.29, 0.717) is 32.7 Å². The first-order chi connectivity index (χ1) is 13.9. The van der Waals surface area contributed by atoms with Crippen molar-refractivity contribution in [2.75, 3.05) is 17.2 Å². The van der Waals surface area contributed by atoms with Gasteiger partial charge in [0.25, 0.3) is 11.8 Å². The summed E-state index contributed by atoms with van der Waals surface area (Å²) in [4.78, 5) is 24.3. The Morgan fingerprint density at radius 3 is 2.24 bits per heavy atom. The second kappa shape index (κ2) is 9.45. The number of anilines is 2. The number of benzene rings is 3. The number of hydrogen-bond donors (Lipinski definition) is 2. The molecule has 3 rings (SSSR count). The molecule has 0 saturated carbocycles. The van der Waals surface area contributed by atoms with Gasteiger partial charge in [0.15, 0.2) is 6.61 Å². The zero-order chi connectivity index (χ0) is 20.8. The highest BCUT2D eigenvalue weighted by atomic mass is 35.5. The van der Waals surface area contributed by atoms with Crippen molar-refractivity contribution < 1.29 is 14.3 Å². The van der Waals surface area contributed by atoms with E-state index in [2.05, 4.69) is 10.6 Å². The van der Waals surface area contributed by atoms with Crippen molar-refractivity contribution in [2.45, 2.75) is 6.92 Å². The lowest BCUT2D eigenvalue weighted by Gasteiger charge is -2.10. The normalized spacial score (nSPS) is 10.3. The van der Waals surface area contributed by atoms with E-state index in [1.54, 1.807) is 48.5 Å². The van der Waals surface area contributed by atoms with Crippen LogP contribution >= 0.6 is 23.2 Å². The van der Waals surface area contributed by atoms with Crippen LogP contribution in [0.3, 0.4) is 0 Å². The average Bonchev–Trinajstić information content (AvgIpc) is 2.69. The molecule has 5 nitrogen and oxygen atoms in total. The van der Waals surface area contributed by atoms with Crippen LogP contribution in [0, 0.1) is 6.92 Å².